The van der Waals surface area contributed by atoms with Gasteiger partial charge in [0.05, 0.1) is 0 Å². The molecule has 0 saturated heterocycles. The number of carbonyl (C=O) groups excluding carboxylic acids is 1. The van der Waals surface area contributed by atoms with Gasteiger partial charge >= 0.3 is 11.4 Å². The van der Waals surface area contributed by atoms with E-state index in [0.717, 1.165) is 5.01 Å². The van der Waals surface area contributed by atoms with Crippen LogP contribution in [-0.2, 0) is 4.79 Å². The third-order valence-corrected chi connectivity index (χ3v) is 2.12. The smallest absolute Gasteiger partial charge is 0.291 e. The van der Waals surface area contributed by atoms with Crippen LogP contribution in [0, 0.1) is 0 Å². The van der Waals surface area contributed by atoms with Crippen molar-refractivity contribution in [2.75, 3.05) is 10.4 Å². The topological polar surface area (TPSA) is 124 Å². The number of aromatic amines is 2. The molecule has 2 heterocycles. The second-order valence-corrected chi connectivity index (χ2v) is 3.52. The predicted molar refractivity (Wildman–Crippen MR) is 66.5 cm³/mol. The van der Waals surface area contributed by atoms with Gasteiger partial charge in [-0.15, -0.1) is 0 Å². The molecule has 0 spiro atoms. The number of hydrogen-bond donors (Lipinski definition) is 3. The van der Waals surface area contributed by atoms with Gasteiger partial charge in [0.2, 0.25) is 5.91 Å². The summed E-state index contributed by atoms with van der Waals surface area (Å²) in [5, 5.41) is 1.06. The molecule has 0 aromatic carbocycles. The maximum Gasteiger partial charge on any atom is 0.346 e. The molecule has 0 aliphatic rings. The predicted octanol–water partition coefficient (Wildman–Crippen LogP) is -0.767. The van der Waals surface area contributed by atoms with Gasteiger partial charge in [0, 0.05) is 19.3 Å². The molecule has 3 N–H and O–H groups in total. The van der Waals surface area contributed by atoms with E-state index in [1.165, 1.54) is 31.5 Å². The second-order valence-electron chi connectivity index (χ2n) is 3.52. The molecular formula is C10H10N6O3. The quantitative estimate of drug-likeness (QED) is 0.624. The number of nitrogens with zero attached hydrogens (tertiary/aromatic N) is 3. The van der Waals surface area contributed by atoms with Gasteiger partial charge in [0.15, 0.2) is 0 Å². The number of rotatable bonds is 3. The zero-order chi connectivity index (χ0) is 13.8. The second kappa shape index (κ2) is 5.12. The number of hydrogen-bond acceptors (Lipinski definition) is 6. The Morgan fingerprint density at radius 2 is 1.79 bits per heavy atom. The van der Waals surface area contributed by atoms with Crippen molar-refractivity contribution in [1.29, 1.82) is 0 Å². The molecular weight excluding hydrogens is 252 g/mol. The van der Waals surface area contributed by atoms with Crippen LogP contribution < -0.4 is 21.8 Å². The molecule has 0 unspecified atom stereocenters. The van der Waals surface area contributed by atoms with Gasteiger partial charge in [-0.05, 0) is 12.1 Å². The minimum atomic E-state index is -0.589. The Morgan fingerprint density at radius 1 is 1.16 bits per heavy atom. The Morgan fingerprint density at radius 3 is 2.37 bits per heavy atom. The van der Waals surface area contributed by atoms with E-state index in [1.807, 2.05) is 0 Å². The summed E-state index contributed by atoms with van der Waals surface area (Å²) in [5.41, 5.74) is 1.51. The van der Waals surface area contributed by atoms with Crippen LogP contribution >= 0.6 is 0 Å². The molecule has 2 aromatic rings. The Kier molecular flexibility index (Phi) is 3.37. The van der Waals surface area contributed by atoms with E-state index in [4.69, 9.17) is 0 Å². The lowest BCUT2D eigenvalue weighted by molar-refractivity contribution is -0.116. The number of carbonyl (C=O) groups is 1. The monoisotopic (exact) mass is 262 g/mol. The summed E-state index contributed by atoms with van der Waals surface area (Å²) in [7, 11) is 0. The third-order valence-electron chi connectivity index (χ3n) is 2.12. The van der Waals surface area contributed by atoms with E-state index >= 15 is 0 Å². The highest BCUT2D eigenvalue weighted by Gasteiger charge is 2.12. The first-order valence-electron chi connectivity index (χ1n) is 5.24. The van der Waals surface area contributed by atoms with E-state index in [9.17, 15) is 14.4 Å². The lowest BCUT2D eigenvalue weighted by Gasteiger charge is -2.21. The molecule has 0 radical (unpaired) electrons. The molecule has 1 amide bonds. The lowest BCUT2D eigenvalue weighted by atomic mass is 10.5. The molecule has 0 bridgehead atoms. The normalized spacial score (nSPS) is 9.95. The van der Waals surface area contributed by atoms with Gasteiger partial charge in [-0.2, -0.15) is 0 Å². The summed E-state index contributed by atoms with van der Waals surface area (Å²) >= 11 is 0. The Bertz CT molecular complexity index is 706. The minimum Gasteiger partial charge on any atom is -0.291 e. The minimum absolute atomic E-state index is 0.199. The summed E-state index contributed by atoms with van der Waals surface area (Å²) in [6.45, 7) is 1.30. The van der Waals surface area contributed by atoms with Crippen molar-refractivity contribution >= 4 is 17.5 Å². The fourth-order valence-corrected chi connectivity index (χ4v) is 1.35. The van der Waals surface area contributed by atoms with Crippen molar-refractivity contribution in [1.82, 2.24) is 19.9 Å². The SMILES string of the molecule is CC(=O)N(Nc1ccnc(=O)[nH]1)c1ccnc(=O)[nH]1. The molecule has 9 nitrogen and oxygen atoms in total. The molecule has 9 heteroatoms. The summed E-state index contributed by atoms with van der Waals surface area (Å²) in [6.07, 6.45) is 2.55. The maximum atomic E-state index is 11.6. The van der Waals surface area contributed by atoms with Crippen molar-refractivity contribution in [3.05, 3.63) is 45.5 Å². The van der Waals surface area contributed by atoms with Crippen molar-refractivity contribution < 1.29 is 4.79 Å². The van der Waals surface area contributed by atoms with Gasteiger partial charge < -0.3 is 0 Å². The van der Waals surface area contributed by atoms with E-state index in [-0.39, 0.29) is 17.5 Å². The summed E-state index contributed by atoms with van der Waals surface area (Å²) in [6, 6.07) is 2.91. The van der Waals surface area contributed by atoms with E-state index in [2.05, 4.69) is 25.4 Å². The van der Waals surface area contributed by atoms with Crippen LogP contribution in [0.25, 0.3) is 0 Å². The van der Waals surface area contributed by atoms with E-state index in [1.54, 1.807) is 0 Å². The molecule has 2 aromatic heterocycles. The standard InChI is InChI=1S/C10H10N6O3/c1-6(17)16(8-3-5-12-10(19)14-8)15-7-2-4-11-9(18)13-7/h2-5H,1H3,(H,12,14,19)(H2,11,13,15,18). The van der Waals surface area contributed by atoms with Crippen molar-refractivity contribution in [3.8, 4) is 0 Å². The van der Waals surface area contributed by atoms with Gasteiger partial charge in [-0.1, -0.05) is 0 Å². The molecule has 0 saturated carbocycles. The van der Waals surface area contributed by atoms with Crippen LogP contribution in [0.2, 0.25) is 0 Å². The fourth-order valence-electron chi connectivity index (χ4n) is 1.35. The first-order chi connectivity index (χ1) is 9.06. The summed E-state index contributed by atoms with van der Waals surface area (Å²) < 4.78 is 0. The Balaban J connectivity index is 2.34. The number of anilines is 2. The number of nitrogens with one attached hydrogen (secondary N) is 3. The average molecular weight is 262 g/mol. The molecule has 0 aliphatic carbocycles. The van der Waals surface area contributed by atoms with Crippen molar-refractivity contribution in [2.45, 2.75) is 6.92 Å². The maximum absolute atomic E-state index is 11.6. The zero-order valence-electron chi connectivity index (χ0n) is 9.88. The van der Waals surface area contributed by atoms with Gasteiger partial charge in [-0.25, -0.2) is 24.6 Å². The third kappa shape index (κ3) is 3.03. The van der Waals surface area contributed by atoms with E-state index < -0.39 is 11.4 Å². The zero-order valence-corrected chi connectivity index (χ0v) is 9.88. The lowest BCUT2D eigenvalue weighted by Crippen LogP contribution is -2.37. The Labute approximate surface area is 106 Å². The van der Waals surface area contributed by atoms with Crippen molar-refractivity contribution in [3.63, 3.8) is 0 Å². The number of amides is 1. The molecule has 0 aliphatic heterocycles. The summed E-state index contributed by atoms with van der Waals surface area (Å²) in [5.74, 6) is 0.0672. The number of H-pyrrole nitrogens is 2. The number of aromatic nitrogens is 4. The van der Waals surface area contributed by atoms with Gasteiger partial charge in [-0.3, -0.25) is 20.2 Å². The highest BCUT2D eigenvalue weighted by molar-refractivity contribution is 5.92. The molecule has 0 fully saturated rings. The summed E-state index contributed by atoms with van der Waals surface area (Å²) in [4.78, 5) is 45.4. The molecule has 19 heavy (non-hydrogen) atoms. The molecule has 0 atom stereocenters. The largest absolute Gasteiger partial charge is 0.346 e. The van der Waals surface area contributed by atoms with Gasteiger partial charge in [0.25, 0.3) is 0 Å². The van der Waals surface area contributed by atoms with Crippen LogP contribution in [0.3, 0.4) is 0 Å². The van der Waals surface area contributed by atoms with E-state index in [0.29, 0.717) is 0 Å². The molecule has 2 rings (SSSR count). The van der Waals surface area contributed by atoms with Crippen LogP contribution in [-0.4, -0.2) is 25.8 Å². The van der Waals surface area contributed by atoms with Crippen LogP contribution in [0.1, 0.15) is 6.92 Å². The van der Waals surface area contributed by atoms with Gasteiger partial charge in [0.1, 0.15) is 11.6 Å². The van der Waals surface area contributed by atoms with Crippen LogP contribution in [0.4, 0.5) is 11.6 Å². The highest BCUT2D eigenvalue weighted by Crippen LogP contribution is 2.09. The fraction of sp³-hybridized carbons (Fsp3) is 0.100. The highest BCUT2D eigenvalue weighted by atomic mass is 16.2. The van der Waals surface area contributed by atoms with Crippen LogP contribution in [0.15, 0.2) is 34.1 Å². The van der Waals surface area contributed by atoms with Crippen LogP contribution in [0.5, 0.6) is 0 Å². The first-order valence-corrected chi connectivity index (χ1v) is 5.24. The first kappa shape index (κ1) is 12.5. The van der Waals surface area contributed by atoms with Crippen molar-refractivity contribution in [2.24, 2.45) is 0 Å². The number of hydrazine groups is 1. The average Bonchev–Trinajstić information content (AvgIpc) is 2.35. The Hall–Kier alpha value is -2.97. The molecule has 98 valence electrons.